The number of para-hydroxylation sites is 1. The van der Waals surface area contributed by atoms with Crippen molar-refractivity contribution in [3.8, 4) is 0 Å². The van der Waals surface area contributed by atoms with Crippen LogP contribution in [0.3, 0.4) is 0 Å². The van der Waals surface area contributed by atoms with Crippen molar-refractivity contribution in [2.75, 3.05) is 17.7 Å². The first-order chi connectivity index (χ1) is 14.5. The molecule has 3 N–H and O–H groups in total. The summed E-state index contributed by atoms with van der Waals surface area (Å²) in [4.78, 5) is 19.4. The number of carbonyl (C=O) groups excluding carboxylic acids is 1. The number of sulfonamides is 1. The first kappa shape index (κ1) is 22.3. The molecule has 1 aromatic heterocycles. The number of nitrogens with one attached hydrogen (secondary N) is 1. The van der Waals surface area contributed by atoms with Crippen molar-refractivity contribution in [1.29, 1.82) is 0 Å². The summed E-state index contributed by atoms with van der Waals surface area (Å²) in [6.07, 6.45) is 0. The lowest BCUT2D eigenvalue weighted by molar-refractivity contribution is 0.0981. The summed E-state index contributed by atoms with van der Waals surface area (Å²) in [6, 6.07) is 18.5. The molecule has 162 valence electrons. The zero-order valence-electron chi connectivity index (χ0n) is 18.0. The summed E-state index contributed by atoms with van der Waals surface area (Å²) in [5.41, 5.74) is 7.46. The quantitative estimate of drug-likeness (QED) is 0.586. The van der Waals surface area contributed by atoms with E-state index in [2.05, 4.69) is 4.72 Å². The molecule has 0 bridgehead atoms. The van der Waals surface area contributed by atoms with Gasteiger partial charge in [0.05, 0.1) is 10.5 Å². The van der Waals surface area contributed by atoms with E-state index in [0.717, 1.165) is 11.4 Å². The van der Waals surface area contributed by atoms with E-state index >= 15 is 0 Å². The Hall–Kier alpha value is -3.39. The number of nitrogens with two attached hydrogens (primary N) is 1. The van der Waals surface area contributed by atoms with Crippen molar-refractivity contribution in [2.24, 2.45) is 0 Å². The Kier molecular flexibility index (Phi) is 6.03. The normalized spacial score (nSPS) is 11.7. The molecule has 0 aliphatic rings. The van der Waals surface area contributed by atoms with Gasteiger partial charge in [0.15, 0.2) is 0 Å². The molecule has 0 saturated carbocycles. The fourth-order valence-corrected chi connectivity index (χ4v) is 4.01. The Labute approximate surface area is 183 Å². The number of rotatable bonds is 5. The molecule has 0 aliphatic carbocycles. The van der Waals surface area contributed by atoms with Crippen LogP contribution < -0.4 is 15.4 Å². The summed E-state index contributed by atoms with van der Waals surface area (Å²) in [5.74, 6) is -0.410. The van der Waals surface area contributed by atoms with Crippen LogP contribution in [0.1, 0.15) is 36.8 Å². The summed E-state index contributed by atoms with van der Waals surface area (Å²) in [6.45, 7) is 6.06. The second kappa shape index (κ2) is 8.39. The molecule has 1 amide bonds. The highest BCUT2D eigenvalue weighted by atomic mass is 32.2. The number of amides is 1. The first-order valence-corrected chi connectivity index (χ1v) is 11.2. The van der Waals surface area contributed by atoms with Crippen LogP contribution in [0.25, 0.3) is 0 Å². The number of carbonyl (C=O) groups is 1. The number of nitrogen functional groups attached to an aromatic ring is 1. The summed E-state index contributed by atoms with van der Waals surface area (Å²) < 4.78 is 27.6. The van der Waals surface area contributed by atoms with Crippen LogP contribution >= 0.6 is 0 Å². The molecule has 0 aliphatic heterocycles. The zero-order valence-corrected chi connectivity index (χ0v) is 18.8. The fourth-order valence-electron chi connectivity index (χ4n) is 2.99. The summed E-state index contributed by atoms with van der Waals surface area (Å²) in [7, 11) is -2.32. The van der Waals surface area contributed by atoms with Gasteiger partial charge < -0.3 is 10.6 Å². The molecule has 0 saturated heterocycles. The number of benzene rings is 2. The highest BCUT2D eigenvalue weighted by Crippen LogP contribution is 2.29. The Balaban J connectivity index is 2.04. The molecular weight excluding hydrogens is 412 g/mol. The van der Waals surface area contributed by atoms with Crippen LogP contribution in [0.5, 0.6) is 0 Å². The monoisotopic (exact) mass is 438 g/mol. The van der Waals surface area contributed by atoms with E-state index in [1.807, 2.05) is 51.1 Å². The molecule has 0 spiro atoms. The van der Waals surface area contributed by atoms with Gasteiger partial charge in [-0.1, -0.05) is 45.0 Å². The molecule has 0 atom stereocenters. The number of hydrogen-bond donors (Lipinski definition) is 2. The molecule has 3 aromatic rings. The lowest BCUT2D eigenvalue weighted by Gasteiger charge is -2.25. The lowest BCUT2D eigenvalue weighted by Crippen LogP contribution is -2.32. The van der Waals surface area contributed by atoms with Gasteiger partial charge in [-0.15, -0.1) is 0 Å². The molecule has 8 heteroatoms. The third-order valence-electron chi connectivity index (χ3n) is 4.74. The standard InChI is InChI=1S/C23H26N4O3S/c1-23(2,3)20-14-13-19(21(25-20)27(4)17-10-6-5-7-11-17)22(28)26-31(29,30)18-12-8-9-16(24)15-18/h5-15H,24H2,1-4H3,(H,26,28). The molecule has 31 heavy (non-hydrogen) atoms. The van der Waals surface area contributed by atoms with Gasteiger partial charge in [0.1, 0.15) is 5.82 Å². The maximum absolute atomic E-state index is 13.0. The Bertz CT molecular complexity index is 1200. The van der Waals surface area contributed by atoms with E-state index in [1.54, 1.807) is 30.1 Å². The van der Waals surface area contributed by atoms with Crippen LogP contribution in [0.4, 0.5) is 17.2 Å². The maximum atomic E-state index is 13.0. The van der Waals surface area contributed by atoms with Crippen molar-refractivity contribution in [3.63, 3.8) is 0 Å². The molecule has 0 unspecified atom stereocenters. The van der Waals surface area contributed by atoms with Crippen molar-refractivity contribution < 1.29 is 13.2 Å². The summed E-state index contributed by atoms with van der Waals surface area (Å²) >= 11 is 0. The van der Waals surface area contributed by atoms with E-state index in [1.165, 1.54) is 18.2 Å². The van der Waals surface area contributed by atoms with Gasteiger partial charge in [0.25, 0.3) is 15.9 Å². The number of nitrogens with zero attached hydrogens (tertiary/aromatic N) is 2. The number of pyridine rings is 1. The van der Waals surface area contributed by atoms with E-state index in [0.29, 0.717) is 5.82 Å². The predicted octanol–water partition coefficient (Wildman–Crippen LogP) is 3.85. The number of hydrogen-bond acceptors (Lipinski definition) is 6. The second-order valence-electron chi connectivity index (χ2n) is 8.22. The average Bonchev–Trinajstić information content (AvgIpc) is 2.72. The molecule has 2 aromatic carbocycles. The van der Waals surface area contributed by atoms with E-state index in [4.69, 9.17) is 10.7 Å². The van der Waals surface area contributed by atoms with Crippen LogP contribution in [0.15, 0.2) is 71.6 Å². The smallest absolute Gasteiger partial charge is 0.268 e. The highest BCUT2D eigenvalue weighted by molar-refractivity contribution is 7.90. The topological polar surface area (TPSA) is 105 Å². The Morgan fingerprint density at radius 1 is 1.00 bits per heavy atom. The molecule has 0 fully saturated rings. The largest absolute Gasteiger partial charge is 0.399 e. The van der Waals surface area contributed by atoms with Crippen molar-refractivity contribution in [3.05, 3.63) is 78.0 Å². The molecule has 1 heterocycles. The Morgan fingerprint density at radius 2 is 1.68 bits per heavy atom. The van der Waals surface area contributed by atoms with Gasteiger partial charge in [-0.2, -0.15) is 0 Å². The van der Waals surface area contributed by atoms with Gasteiger partial charge in [-0.25, -0.2) is 18.1 Å². The average molecular weight is 439 g/mol. The minimum atomic E-state index is -4.10. The fraction of sp³-hybridized carbons (Fsp3) is 0.217. The highest BCUT2D eigenvalue weighted by Gasteiger charge is 2.25. The summed E-state index contributed by atoms with van der Waals surface area (Å²) in [5, 5.41) is 0. The zero-order chi connectivity index (χ0) is 22.8. The van der Waals surface area contributed by atoms with E-state index in [9.17, 15) is 13.2 Å². The molecular formula is C23H26N4O3S. The van der Waals surface area contributed by atoms with Crippen LogP contribution in [0, 0.1) is 0 Å². The minimum Gasteiger partial charge on any atom is -0.399 e. The Morgan fingerprint density at radius 3 is 2.29 bits per heavy atom. The van der Waals surface area contributed by atoms with Gasteiger partial charge in [-0.05, 0) is 42.5 Å². The van der Waals surface area contributed by atoms with Crippen LogP contribution in [0.2, 0.25) is 0 Å². The van der Waals surface area contributed by atoms with Gasteiger partial charge in [0, 0.05) is 29.5 Å². The molecule has 3 rings (SSSR count). The lowest BCUT2D eigenvalue weighted by atomic mass is 9.91. The number of aromatic nitrogens is 1. The third-order valence-corrected chi connectivity index (χ3v) is 6.07. The SMILES string of the molecule is CN(c1ccccc1)c1nc(C(C)(C)C)ccc1C(=O)NS(=O)(=O)c1cccc(N)c1. The van der Waals surface area contributed by atoms with Crippen LogP contribution in [-0.4, -0.2) is 26.4 Å². The minimum absolute atomic E-state index is 0.0851. The van der Waals surface area contributed by atoms with Gasteiger partial charge in [-0.3, -0.25) is 4.79 Å². The molecule has 7 nitrogen and oxygen atoms in total. The van der Waals surface area contributed by atoms with Crippen molar-refractivity contribution in [2.45, 2.75) is 31.1 Å². The van der Waals surface area contributed by atoms with Gasteiger partial charge >= 0.3 is 0 Å². The maximum Gasteiger partial charge on any atom is 0.268 e. The molecule has 0 radical (unpaired) electrons. The van der Waals surface area contributed by atoms with E-state index < -0.39 is 15.9 Å². The first-order valence-electron chi connectivity index (χ1n) is 9.72. The van der Waals surface area contributed by atoms with E-state index in [-0.39, 0.29) is 21.6 Å². The second-order valence-corrected chi connectivity index (χ2v) is 9.90. The predicted molar refractivity (Wildman–Crippen MR) is 123 cm³/mol. The van der Waals surface area contributed by atoms with Crippen LogP contribution in [-0.2, 0) is 15.4 Å². The third kappa shape index (κ3) is 5.03. The number of anilines is 3. The van der Waals surface area contributed by atoms with Crippen molar-refractivity contribution in [1.82, 2.24) is 9.71 Å². The van der Waals surface area contributed by atoms with Gasteiger partial charge in [0.2, 0.25) is 0 Å². The van der Waals surface area contributed by atoms with Crippen molar-refractivity contribution >= 4 is 33.1 Å².